The van der Waals surface area contributed by atoms with Crippen LogP contribution in [0.3, 0.4) is 0 Å². The highest BCUT2D eigenvalue weighted by molar-refractivity contribution is 5.76. The molecule has 27 heavy (non-hydrogen) atoms. The van der Waals surface area contributed by atoms with E-state index in [1.807, 2.05) is 0 Å². The number of hydrogen-bond donors (Lipinski definition) is 2. The molecule has 2 N–H and O–H groups in total. The predicted octanol–water partition coefficient (Wildman–Crippen LogP) is 1.60. The van der Waals surface area contributed by atoms with Crippen molar-refractivity contribution in [2.75, 3.05) is 32.8 Å². The van der Waals surface area contributed by atoms with E-state index in [0.717, 1.165) is 50.9 Å². The van der Waals surface area contributed by atoms with Crippen molar-refractivity contribution in [2.45, 2.75) is 13.5 Å². The van der Waals surface area contributed by atoms with Crippen LogP contribution < -0.4 is 9.47 Å². The van der Waals surface area contributed by atoms with Crippen LogP contribution in [0.15, 0.2) is 54.7 Å². The molecule has 1 aliphatic rings. The standard InChI is InChI=1S/C22H24N4O/c1-17-6-8-18(9-7-17)19-16-26-21-5-3-2-4-20(21)25(22(26)23-19)11-10-24-12-14-27-15-13-24/h2-9,16H,10-15H2,1H3/p+2. The van der Waals surface area contributed by atoms with Crippen LogP contribution in [0.1, 0.15) is 5.56 Å². The monoisotopic (exact) mass is 362 g/mol. The summed E-state index contributed by atoms with van der Waals surface area (Å²) in [5, 5.41) is 0. The third-order valence-electron chi connectivity index (χ3n) is 5.67. The maximum absolute atomic E-state index is 5.50. The molecule has 4 aromatic rings. The number of fused-ring (bicyclic) bond motifs is 3. The van der Waals surface area contributed by atoms with Crippen LogP contribution in [0.4, 0.5) is 0 Å². The Hall–Kier alpha value is -2.63. The van der Waals surface area contributed by atoms with Crippen molar-refractivity contribution in [2.24, 2.45) is 0 Å². The lowest BCUT2D eigenvalue weighted by molar-refractivity contribution is -0.923. The number of morpholine rings is 1. The number of hydrogen-bond acceptors (Lipinski definition) is 1. The summed E-state index contributed by atoms with van der Waals surface area (Å²) in [5.74, 6) is 1.15. The first-order valence-electron chi connectivity index (χ1n) is 9.79. The van der Waals surface area contributed by atoms with Crippen molar-refractivity contribution < 1.29 is 14.2 Å². The van der Waals surface area contributed by atoms with Gasteiger partial charge in [0.05, 0.1) is 13.2 Å². The number of ether oxygens (including phenoxy) is 1. The van der Waals surface area contributed by atoms with Gasteiger partial charge in [0.25, 0.3) is 0 Å². The molecule has 0 saturated carbocycles. The number of aryl methyl sites for hydroxylation is 1. The molecule has 5 nitrogen and oxygen atoms in total. The van der Waals surface area contributed by atoms with Gasteiger partial charge < -0.3 is 9.64 Å². The van der Waals surface area contributed by atoms with Gasteiger partial charge in [-0.25, -0.2) is 9.55 Å². The highest BCUT2D eigenvalue weighted by Crippen LogP contribution is 2.22. The van der Waals surface area contributed by atoms with E-state index in [4.69, 9.17) is 4.74 Å². The van der Waals surface area contributed by atoms with Gasteiger partial charge in [0.1, 0.15) is 49.1 Å². The number of imidazole rings is 2. The largest absolute Gasteiger partial charge is 0.370 e. The van der Waals surface area contributed by atoms with Crippen LogP contribution in [0.25, 0.3) is 28.1 Å². The summed E-state index contributed by atoms with van der Waals surface area (Å²) in [6.45, 7) is 8.22. The van der Waals surface area contributed by atoms with Gasteiger partial charge in [0.15, 0.2) is 0 Å². The summed E-state index contributed by atoms with van der Waals surface area (Å²) in [6.07, 6.45) is 2.22. The third-order valence-corrected chi connectivity index (χ3v) is 5.67. The van der Waals surface area contributed by atoms with E-state index in [9.17, 15) is 0 Å². The normalized spacial score (nSPS) is 15.7. The fraction of sp³-hybridized carbons (Fsp3) is 0.318. The lowest BCUT2D eigenvalue weighted by Gasteiger charge is -2.23. The van der Waals surface area contributed by atoms with Crippen LogP contribution in [0.5, 0.6) is 0 Å². The number of para-hydroxylation sites is 2. The van der Waals surface area contributed by atoms with E-state index >= 15 is 0 Å². The molecule has 0 spiro atoms. The van der Waals surface area contributed by atoms with Gasteiger partial charge in [-0.1, -0.05) is 42.0 Å². The Kier molecular flexibility index (Phi) is 4.19. The van der Waals surface area contributed by atoms with Gasteiger partial charge in [-0.05, 0) is 19.1 Å². The van der Waals surface area contributed by atoms with Gasteiger partial charge in [0.2, 0.25) is 0 Å². The van der Waals surface area contributed by atoms with Crippen molar-refractivity contribution >= 4 is 16.8 Å². The second kappa shape index (κ2) is 6.83. The number of H-pyrrole nitrogens is 1. The molecule has 1 saturated heterocycles. The highest BCUT2D eigenvalue weighted by atomic mass is 16.5. The van der Waals surface area contributed by atoms with E-state index in [1.165, 1.54) is 22.2 Å². The summed E-state index contributed by atoms with van der Waals surface area (Å²) in [4.78, 5) is 5.30. The molecule has 1 fully saturated rings. The van der Waals surface area contributed by atoms with Gasteiger partial charge in [0, 0.05) is 5.56 Å². The Bertz CT molecular complexity index is 1070. The van der Waals surface area contributed by atoms with Crippen LogP contribution in [-0.4, -0.2) is 42.2 Å². The number of aromatic amines is 1. The molecule has 0 bridgehead atoms. The molecule has 0 radical (unpaired) electrons. The maximum Gasteiger partial charge on any atom is 0.368 e. The van der Waals surface area contributed by atoms with Gasteiger partial charge in [-0.15, -0.1) is 0 Å². The molecule has 138 valence electrons. The number of nitrogens with one attached hydrogen (secondary N) is 2. The van der Waals surface area contributed by atoms with Crippen molar-refractivity contribution in [3.63, 3.8) is 0 Å². The highest BCUT2D eigenvalue weighted by Gasteiger charge is 2.23. The van der Waals surface area contributed by atoms with Crippen molar-refractivity contribution in [1.82, 2.24) is 9.38 Å². The van der Waals surface area contributed by atoms with Crippen LogP contribution in [-0.2, 0) is 11.3 Å². The number of aromatic nitrogens is 3. The third kappa shape index (κ3) is 3.03. The van der Waals surface area contributed by atoms with E-state index in [1.54, 1.807) is 4.90 Å². The van der Waals surface area contributed by atoms with Crippen molar-refractivity contribution in [3.8, 4) is 11.3 Å². The molecule has 2 aromatic carbocycles. The lowest BCUT2D eigenvalue weighted by Crippen LogP contribution is -3.14. The number of benzene rings is 2. The molecule has 0 atom stereocenters. The van der Waals surface area contributed by atoms with Crippen molar-refractivity contribution in [3.05, 3.63) is 60.3 Å². The predicted molar refractivity (Wildman–Crippen MR) is 106 cm³/mol. The minimum absolute atomic E-state index is 0.881. The molecule has 1 aliphatic heterocycles. The Labute approximate surface area is 158 Å². The molecule has 0 amide bonds. The molecule has 2 aromatic heterocycles. The Morgan fingerprint density at radius 2 is 1.85 bits per heavy atom. The minimum Gasteiger partial charge on any atom is -0.370 e. The van der Waals surface area contributed by atoms with E-state index in [0.29, 0.717) is 0 Å². The second-order valence-electron chi connectivity index (χ2n) is 7.48. The molecular formula is C22H26N4O+2. The summed E-state index contributed by atoms with van der Waals surface area (Å²) in [6, 6.07) is 17.4. The van der Waals surface area contributed by atoms with E-state index in [2.05, 4.69) is 75.6 Å². The Morgan fingerprint density at radius 1 is 1.07 bits per heavy atom. The summed E-state index contributed by atoms with van der Waals surface area (Å²) >= 11 is 0. The number of rotatable bonds is 4. The van der Waals surface area contributed by atoms with Crippen LogP contribution in [0.2, 0.25) is 0 Å². The van der Waals surface area contributed by atoms with E-state index in [-0.39, 0.29) is 0 Å². The first-order chi connectivity index (χ1) is 13.3. The molecule has 0 aliphatic carbocycles. The van der Waals surface area contributed by atoms with Gasteiger partial charge in [-0.3, -0.25) is 0 Å². The molecule has 0 unspecified atom stereocenters. The Balaban J connectivity index is 1.55. The van der Waals surface area contributed by atoms with Crippen LogP contribution >= 0.6 is 0 Å². The minimum atomic E-state index is 0.881. The smallest absolute Gasteiger partial charge is 0.368 e. The van der Waals surface area contributed by atoms with Crippen LogP contribution in [0, 0.1) is 6.92 Å². The van der Waals surface area contributed by atoms with Crippen molar-refractivity contribution in [1.29, 1.82) is 0 Å². The molecular weight excluding hydrogens is 336 g/mol. The summed E-state index contributed by atoms with van der Waals surface area (Å²) in [7, 11) is 0. The summed E-state index contributed by atoms with van der Waals surface area (Å²) in [5.41, 5.74) is 6.19. The lowest BCUT2D eigenvalue weighted by atomic mass is 10.1. The molecule has 5 rings (SSSR count). The van der Waals surface area contributed by atoms with E-state index < -0.39 is 0 Å². The number of quaternary nitrogens is 1. The fourth-order valence-corrected chi connectivity index (χ4v) is 4.08. The first-order valence-corrected chi connectivity index (χ1v) is 9.79. The Morgan fingerprint density at radius 3 is 2.67 bits per heavy atom. The zero-order valence-corrected chi connectivity index (χ0v) is 15.7. The van der Waals surface area contributed by atoms with Gasteiger partial charge >= 0.3 is 5.78 Å². The molecule has 5 heteroatoms. The zero-order chi connectivity index (χ0) is 18.2. The SMILES string of the molecule is Cc1ccc(-c2cn3c4ccccc4[n+](CC[NH+]4CCOCC4)c3[nH]2)cc1. The number of nitrogens with zero attached hydrogens (tertiary/aromatic N) is 2. The average Bonchev–Trinajstić information content (AvgIpc) is 3.26. The molecule has 3 heterocycles. The quantitative estimate of drug-likeness (QED) is 0.532. The maximum atomic E-state index is 5.50. The second-order valence-corrected chi connectivity index (χ2v) is 7.48. The average molecular weight is 362 g/mol. The fourth-order valence-electron chi connectivity index (χ4n) is 4.08. The zero-order valence-electron chi connectivity index (χ0n) is 15.7. The summed E-state index contributed by atoms with van der Waals surface area (Å²) < 4.78 is 10.2. The van der Waals surface area contributed by atoms with Gasteiger partial charge in [-0.2, -0.15) is 4.40 Å². The first kappa shape index (κ1) is 16.5. The topological polar surface area (TPSA) is 37.8 Å².